The van der Waals surface area contributed by atoms with Crippen molar-refractivity contribution in [2.75, 3.05) is 18.6 Å². The summed E-state index contributed by atoms with van der Waals surface area (Å²) in [6, 6.07) is 11.3. The number of nitrogens with zero attached hydrogens (tertiary/aromatic N) is 3. The molecule has 0 radical (unpaired) electrons. The number of carbonyl (C=O) groups is 1. The van der Waals surface area contributed by atoms with Crippen molar-refractivity contribution < 1.29 is 40.2 Å². The number of esters is 1. The molecule has 4 bridgehead atoms. The zero-order valence-corrected chi connectivity index (χ0v) is 31.3. The van der Waals surface area contributed by atoms with Crippen LogP contribution in [0.5, 0.6) is 11.5 Å². The summed E-state index contributed by atoms with van der Waals surface area (Å²) in [5.41, 5.74) is -0.510. The molecule has 0 saturated heterocycles. The first-order chi connectivity index (χ1) is 24.9. The number of nitrogens with one attached hydrogen (secondary N) is 1. The maximum absolute atomic E-state index is 15.7. The van der Waals surface area contributed by atoms with Gasteiger partial charge in [0.05, 0.1) is 41.0 Å². The fourth-order valence-electron chi connectivity index (χ4n) is 7.36. The molecule has 282 valence electrons. The van der Waals surface area contributed by atoms with E-state index in [1.165, 1.54) is 23.9 Å². The Hall–Kier alpha value is -4.72. The molecule has 1 aliphatic heterocycles. The van der Waals surface area contributed by atoms with Gasteiger partial charge in [0.25, 0.3) is 0 Å². The minimum atomic E-state index is -3.83. The molecule has 1 N–H and O–H groups in total. The molecule has 1 aliphatic rings. The molecule has 14 heteroatoms. The number of aromatic nitrogens is 4. The summed E-state index contributed by atoms with van der Waals surface area (Å²) < 4.78 is 101. The summed E-state index contributed by atoms with van der Waals surface area (Å²) in [6.07, 6.45) is 2.44. The van der Waals surface area contributed by atoms with Gasteiger partial charge in [0, 0.05) is 24.2 Å². The van der Waals surface area contributed by atoms with Gasteiger partial charge in [-0.1, -0.05) is 51.5 Å². The first-order valence-corrected chi connectivity index (χ1v) is 19.2. The quantitative estimate of drug-likeness (QED) is 0.146. The normalized spacial score (nSPS) is 19.4. The fourth-order valence-corrected chi connectivity index (χ4v) is 9.35. The Labute approximate surface area is 305 Å². The molecular formula is C39H42F4N4O5S. The average molecular weight is 755 g/mol. The third-order valence-electron chi connectivity index (χ3n) is 10.2. The highest BCUT2D eigenvalue weighted by molar-refractivity contribution is 7.91. The number of methoxy groups -OCH3 is 1. The molecule has 0 fully saturated rings. The molecule has 0 spiro atoms. The summed E-state index contributed by atoms with van der Waals surface area (Å²) in [6.45, 7) is 7.45. The standard InChI is InChI=1S/C39H42F4N4O5S/c1-22(36(48)51-6)17-23-9-7-10-24(18-23)39(4)15-8-14-38(2,3)21-53(49,50)16-13-26-30-29(41)20-44-33(30)31(42)32(43)34(26)52-25-11-12-28(40)27(19-25)35-45-37(39)46-47(35)5/h7,9-12,18-20,22,44H,8,13-17,21H2,1-6H3/t22-,39-/m1/s1. The van der Waals surface area contributed by atoms with Crippen molar-refractivity contribution in [3.63, 3.8) is 0 Å². The fraction of sp³-hybridized carbons (Fsp3) is 0.410. The highest BCUT2D eigenvalue weighted by Gasteiger charge is 2.36. The molecule has 53 heavy (non-hydrogen) atoms. The van der Waals surface area contributed by atoms with E-state index in [0.717, 1.165) is 23.4 Å². The van der Waals surface area contributed by atoms with Crippen LogP contribution in [0, 0.1) is 34.6 Å². The van der Waals surface area contributed by atoms with Crippen molar-refractivity contribution in [1.82, 2.24) is 19.7 Å². The van der Waals surface area contributed by atoms with Crippen LogP contribution in [0.3, 0.4) is 0 Å². The second-order valence-corrected chi connectivity index (χ2v) is 17.2. The Morgan fingerprint density at radius 2 is 1.81 bits per heavy atom. The maximum Gasteiger partial charge on any atom is 0.308 e. The maximum atomic E-state index is 15.7. The van der Waals surface area contributed by atoms with Crippen LogP contribution in [-0.2, 0) is 44.7 Å². The monoisotopic (exact) mass is 754 g/mol. The Kier molecular flexibility index (Phi) is 10.2. The SMILES string of the molecule is COC(=O)[C@H](C)Cc1cccc([C@@]2(C)CCCC(C)(C)CS(=O)(=O)CCc3c(c(F)c(F)c4[nH]cc(F)c34)Oc3ccc(F)c(c3)-c3nc2nn3C)c1. The Morgan fingerprint density at radius 1 is 1.06 bits per heavy atom. The number of ether oxygens (including phenoxy) is 2. The van der Waals surface area contributed by atoms with Crippen molar-refractivity contribution in [3.05, 3.63) is 94.4 Å². The van der Waals surface area contributed by atoms with Crippen LogP contribution in [0.2, 0.25) is 0 Å². The number of H-pyrrole nitrogens is 1. The van der Waals surface area contributed by atoms with E-state index in [2.05, 4.69) is 4.98 Å². The number of fused-ring (bicyclic) bond motifs is 8. The molecule has 3 aromatic carbocycles. The van der Waals surface area contributed by atoms with Crippen LogP contribution in [0.25, 0.3) is 22.3 Å². The highest BCUT2D eigenvalue weighted by Crippen LogP contribution is 2.42. The number of halogens is 4. The lowest BCUT2D eigenvalue weighted by Crippen LogP contribution is -2.29. The van der Waals surface area contributed by atoms with Crippen LogP contribution in [-0.4, -0.2) is 52.8 Å². The summed E-state index contributed by atoms with van der Waals surface area (Å²) in [4.78, 5) is 19.5. The zero-order chi connectivity index (χ0) is 38.5. The van der Waals surface area contributed by atoms with Crippen LogP contribution < -0.4 is 4.74 Å². The van der Waals surface area contributed by atoms with Gasteiger partial charge < -0.3 is 14.5 Å². The predicted octanol–water partition coefficient (Wildman–Crippen LogP) is 8.14. The third kappa shape index (κ3) is 7.55. The smallest absolute Gasteiger partial charge is 0.308 e. The Balaban J connectivity index is 1.51. The van der Waals surface area contributed by atoms with Crippen molar-refractivity contribution in [2.24, 2.45) is 18.4 Å². The largest absolute Gasteiger partial charge is 0.469 e. The van der Waals surface area contributed by atoms with Crippen molar-refractivity contribution in [3.8, 4) is 22.9 Å². The molecule has 3 heterocycles. The van der Waals surface area contributed by atoms with Gasteiger partial charge in [-0.15, -0.1) is 0 Å². The van der Waals surface area contributed by atoms with E-state index in [1.807, 2.05) is 45.0 Å². The second-order valence-electron chi connectivity index (χ2n) is 15.0. The van der Waals surface area contributed by atoms with Gasteiger partial charge in [-0.2, -0.15) is 9.49 Å². The van der Waals surface area contributed by atoms with Gasteiger partial charge in [-0.3, -0.25) is 4.79 Å². The van der Waals surface area contributed by atoms with Gasteiger partial charge in [0.1, 0.15) is 17.4 Å². The lowest BCUT2D eigenvalue weighted by atomic mass is 9.75. The first-order valence-electron chi connectivity index (χ1n) is 17.4. The molecule has 5 aromatic rings. The molecule has 0 aliphatic carbocycles. The van der Waals surface area contributed by atoms with Gasteiger partial charge in [-0.05, 0) is 67.3 Å². The zero-order valence-electron chi connectivity index (χ0n) is 30.4. The number of aryl methyl sites for hydroxylation is 2. The van der Waals surface area contributed by atoms with E-state index < -0.39 is 66.9 Å². The molecule has 9 nitrogen and oxygen atoms in total. The van der Waals surface area contributed by atoms with E-state index in [0.29, 0.717) is 31.5 Å². The predicted molar refractivity (Wildman–Crippen MR) is 192 cm³/mol. The first kappa shape index (κ1) is 38.0. The molecular weight excluding hydrogens is 713 g/mol. The van der Waals surface area contributed by atoms with E-state index in [9.17, 15) is 13.2 Å². The highest BCUT2D eigenvalue weighted by atomic mass is 32.2. The van der Waals surface area contributed by atoms with Gasteiger partial charge in [-0.25, -0.2) is 31.3 Å². The minimum absolute atomic E-state index is 0.0482. The third-order valence-corrected chi connectivity index (χ3v) is 12.2. The van der Waals surface area contributed by atoms with Gasteiger partial charge in [0.2, 0.25) is 5.82 Å². The van der Waals surface area contributed by atoms with E-state index in [-0.39, 0.29) is 46.2 Å². The summed E-state index contributed by atoms with van der Waals surface area (Å²) in [5.74, 6) is -6.20. The van der Waals surface area contributed by atoms with Crippen molar-refractivity contribution in [2.45, 2.75) is 65.2 Å². The number of sulfone groups is 1. The van der Waals surface area contributed by atoms with E-state index in [1.54, 1.807) is 14.0 Å². The Morgan fingerprint density at radius 3 is 2.55 bits per heavy atom. The molecule has 6 rings (SSSR count). The number of hydrogen-bond acceptors (Lipinski definition) is 7. The lowest BCUT2D eigenvalue weighted by Gasteiger charge is -2.31. The number of carbonyl (C=O) groups excluding carboxylic acids is 1. The number of benzene rings is 3. The van der Waals surface area contributed by atoms with Gasteiger partial charge >= 0.3 is 5.97 Å². The minimum Gasteiger partial charge on any atom is -0.469 e. The molecule has 0 amide bonds. The summed E-state index contributed by atoms with van der Waals surface area (Å²) in [5, 5.41) is 4.43. The van der Waals surface area contributed by atoms with Crippen LogP contribution in [0.15, 0.2) is 48.7 Å². The Bertz CT molecular complexity index is 2320. The molecule has 2 aromatic heterocycles. The topological polar surface area (TPSA) is 116 Å². The number of rotatable bonds is 4. The van der Waals surface area contributed by atoms with E-state index >= 15 is 17.6 Å². The van der Waals surface area contributed by atoms with Crippen molar-refractivity contribution >= 4 is 26.7 Å². The molecule has 2 atom stereocenters. The average Bonchev–Trinajstić information content (AvgIpc) is 3.68. The van der Waals surface area contributed by atoms with Crippen LogP contribution >= 0.6 is 0 Å². The number of hydrogen-bond donors (Lipinski definition) is 1. The van der Waals surface area contributed by atoms with Gasteiger partial charge in [0.15, 0.2) is 33.1 Å². The lowest BCUT2D eigenvalue weighted by molar-refractivity contribution is -0.144. The van der Waals surface area contributed by atoms with Crippen LogP contribution in [0.4, 0.5) is 17.6 Å². The van der Waals surface area contributed by atoms with Crippen LogP contribution in [0.1, 0.15) is 69.5 Å². The van der Waals surface area contributed by atoms with Crippen molar-refractivity contribution in [1.29, 1.82) is 0 Å². The second kappa shape index (κ2) is 14.3. The van der Waals surface area contributed by atoms with E-state index in [4.69, 9.17) is 19.6 Å². The molecule has 0 saturated carbocycles. The summed E-state index contributed by atoms with van der Waals surface area (Å²) in [7, 11) is -0.869. The molecule has 0 unspecified atom stereocenters. The number of aromatic amines is 1. The summed E-state index contributed by atoms with van der Waals surface area (Å²) >= 11 is 0.